The van der Waals surface area contributed by atoms with E-state index in [1.807, 2.05) is 0 Å². The first-order valence-corrected chi connectivity index (χ1v) is 3.98. The lowest BCUT2D eigenvalue weighted by Gasteiger charge is -2.24. The van der Waals surface area contributed by atoms with Gasteiger partial charge in [-0.3, -0.25) is 0 Å². The van der Waals surface area contributed by atoms with E-state index in [1.165, 1.54) is 6.08 Å². The van der Waals surface area contributed by atoms with Crippen LogP contribution in [0.1, 0.15) is 6.42 Å². The molecule has 0 amide bonds. The summed E-state index contributed by atoms with van der Waals surface area (Å²) in [6, 6.07) is 0. The normalized spacial score (nSPS) is 20.4. The van der Waals surface area contributed by atoms with Gasteiger partial charge in [0, 0.05) is 0 Å². The van der Waals surface area contributed by atoms with Gasteiger partial charge in [0.25, 0.3) is 0 Å². The molecule has 5 heteroatoms. The molecule has 4 atom stereocenters. The lowest BCUT2D eigenvalue weighted by Crippen LogP contribution is -2.45. The number of rotatable bonds is 6. The van der Waals surface area contributed by atoms with Crippen molar-refractivity contribution < 1.29 is 25.5 Å². The van der Waals surface area contributed by atoms with Crippen LogP contribution in [0, 0.1) is 0 Å². The van der Waals surface area contributed by atoms with E-state index in [-0.39, 0.29) is 6.42 Å². The van der Waals surface area contributed by atoms with Gasteiger partial charge in [-0.05, 0) is 6.42 Å². The Bertz CT molecular complexity index is 149. The van der Waals surface area contributed by atoms with Crippen molar-refractivity contribution in [2.24, 2.45) is 0 Å². The number of hydrogen-bond donors (Lipinski definition) is 5. The molecule has 0 saturated heterocycles. The molecule has 0 aromatic carbocycles. The molecule has 0 fully saturated rings. The average Bonchev–Trinajstić information content (AvgIpc) is 2.14. The molecule has 0 aliphatic rings. The van der Waals surface area contributed by atoms with Crippen molar-refractivity contribution in [3.63, 3.8) is 0 Å². The second-order valence-electron chi connectivity index (χ2n) is 2.82. The highest BCUT2D eigenvalue weighted by Gasteiger charge is 2.28. The average molecular weight is 192 g/mol. The van der Waals surface area contributed by atoms with Crippen molar-refractivity contribution in [2.45, 2.75) is 30.8 Å². The predicted octanol–water partition coefficient (Wildman–Crippen LogP) is -2.00. The summed E-state index contributed by atoms with van der Waals surface area (Å²) >= 11 is 0. The second-order valence-corrected chi connectivity index (χ2v) is 2.82. The first kappa shape index (κ1) is 12.5. The molecule has 78 valence electrons. The van der Waals surface area contributed by atoms with Crippen LogP contribution in [-0.2, 0) is 0 Å². The summed E-state index contributed by atoms with van der Waals surface area (Å²) in [7, 11) is 0. The molecule has 5 nitrogen and oxygen atoms in total. The number of aliphatic hydroxyl groups is 5. The zero-order valence-electron chi connectivity index (χ0n) is 7.24. The van der Waals surface area contributed by atoms with E-state index in [4.69, 9.17) is 20.4 Å². The van der Waals surface area contributed by atoms with Crippen LogP contribution in [0.4, 0.5) is 0 Å². The number of aliphatic hydroxyl groups excluding tert-OH is 5. The molecule has 0 aromatic rings. The van der Waals surface area contributed by atoms with Crippen LogP contribution in [-0.4, -0.2) is 56.6 Å². The van der Waals surface area contributed by atoms with Crippen LogP contribution in [0.2, 0.25) is 0 Å². The molecule has 0 spiro atoms. The van der Waals surface area contributed by atoms with Crippen LogP contribution >= 0.6 is 0 Å². The van der Waals surface area contributed by atoms with E-state index in [9.17, 15) is 5.11 Å². The van der Waals surface area contributed by atoms with Crippen LogP contribution in [0.25, 0.3) is 0 Å². The van der Waals surface area contributed by atoms with E-state index < -0.39 is 31.0 Å². The van der Waals surface area contributed by atoms with Gasteiger partial charge in [0.05, 0.1) is 12.7 Å². The summed E-state index contributed by atoms with van der Waals surface area (Å²) < 4.78 is 0. The van der Waals surface area contributed by atoms with Gasteiger partial charge < -0.3 is 25.5 Å². The van der Waals surface area contributed by atoms with Gasteiger partial charge in [-0.25, -0.2) is 0 Å². The highest BCUT2D eigenvalue weighted by molar-refractivity contribution is 4.84. The minimum absolute atomic E-state index is 0.108. The van der Waals surface area contributed by atoms with Crippen LogP contribution in [0.15, 0.2) is 12.7 Å². The summed E-state index contributed by atoms with van der Waals surface area (Å²) in [6.07, 6.45) is -4.19. The molecule has 0 aromatic heterocycles. The molecule has 0 radical (unpaired) electrons. The second kappa shape index (κ2) is 6.06. The van der Waals surface area contributed by atoms with Gasteiger partial charge in [0.2, 0.25) is 0 Å². The Morgan fingerprint density at radius 3 is 1.85 bits per heavy atom. The first-order chi connectivity index (χ1) is 6.04. The highest BCUT2D eigenvalue weighted by atomic mass is 16.4. The molecular formula is C8H16O5. The molecule has 0 rings (SSSR count). The molecule has 0 saturated carbocycles. The van der Waals surface area contributed by atoms with Crippen molar-refractivity contribution >= 4 is 0 Å². The highest BCUT2D eigenvalue weighted by Crippen LogP contribution is 2.07. The third-order valence-corrected chi connectivity index (χ3v) is 1.73. The minimum Gasteiger partial charge on any atom is -0.394 e. The van der Waals surface area contributed by atoms with Gasteiger partial charge >= 0.3 is 0 Å². The van der Waals surface area contributed by atoms with Crippen molar-refractivity contribution in [2.75, 3.05) is 6.61 Å². The van der Waals surface area contributed by atoms with Crippen molar-refractivity contribution in [3.05, 3.63) is 12.7 Å². The maximum absolute atomic E-state index is 9.20. The monoisotopic (exact) mass is 192 g/mol. The summed E-state index contributed by atoms with van der Waals surface area (Å²) in [5, 5.41) is 44.8. The first-order valence-electron chi connectivity index (χ1n) is 3.98. The fourth-order valence-electron chi connectivity index (χ4n) is 0.873. The molecule has 5 N–H and O–H groups in total. The van der Waals surface area contributed by atoms with E-state index in [2.05, 4.69) is 6.58 Å². The molecular weight excluding hydrogens is 176 g/mol. The summed E-state index contributed by atoms with van der Waals surface area (Å²) in [6.45, 7) is 2.68. The van der Waals surface area contributed by atoms with Gasteiger partial charge in [0.1, 0.15) is 18.3 Å². The van der Waals surface area contributed by atoms with E-state index in [0.29, 0.717) is 0 Å². The van der Waals surface area contributed by atoms with Crippen molar-refractivity contribution in [3.8, 4) is 0 Å². The SMILES string of the molecule is C=CC[C@H](O)[C@H](O)[C@@H](O)[C@H](O)CO. The van der Waals surface area contributed by atoms with Crippen LogP contribution in [0.3, 0.4) is 0 Å². The lowest BCUT2D eigenvalue weighted by atomic mass is 10.0. The van der Waals surface area contributed by atoms with E-state index in [1.54, 1.807) is 0 Å². The molecule has 0 aliphatic carbocycles. The Kier molecular flexibility index (Phi) is 5.85. The van der Waals surface area contributed by atoms with Crippen LogP contribution < -0.4 is 0 Å². The fourth-order valence-corrected chi connectivity index (χ4v) is 0.873. The summed E-state index contributed by atoms with van der Waals surface area (Å²) in [5.41, 5.74) is 0. The molecule has 0 unspecified atom stereocenters. The Morgan fingerprint density at radius 2 is 1.46 bits per heavy atom. The third-order valence-electron chi connectivity index (χ3n) is 1.73. The Hall–Kier alpha value is -0.460. The van der Waals surface area contributed by atoms with E-state index in [0.717, 1.165) is 0 Å². The quantitative estimate of drug-likeness (QED) is 0.313. The molecule has 13 heavy (non-hydrogen) atoms. The summed E-state index contributed by atoms with van der Waals surface area (Å²) in [5.74, 6) is 0. The maximum Gasteiger partial charge on any atom is 0.110 e. The van der Waals surface area contributed by atoms with Gasteiger partial charge in [0.15, 0.2) is 0 Å². The fraction of sp³-hybridized carbons (Fsp3) is 0.750. The molecule has 0 bridgehead atoms. The van der Waals surface area contributed by atoms with E-state index >= 15 is 0 Å². The van der Waals surface area contributed by atoms with Crippen molar-refractivity contribution in [1.82, 2.24) is 0 Å². The van der Waals surface area contributed by atoms with Crippen LogP contribution in [0.5, 0.6) is 0 Å². The van der Waals surface area contributed by atoms with Gasteiger partial charge in [-0.1, -0.05) is 6.08 Å². The van der Waals surface area contributed by atoms with Crippen molar-refractivity contribution in [1.29, 1.82) is 0 Å². The van der Waals surface area contributed by atoms with Gasteiger partial charge in [-0.15, -0.1) is 6.58 Å². The Labute approximate surface area is 76.6 Å². The number of hydrogen-bond acceptors (Lipinski definition) is 5. The Morgan fingerprint density at radius 1 is 1.00 bits per heavy atom. The predicted molar refractivity (Wildman–Crippen MR) is 45.9 cm³/mol. The molecule has 0 aliphatic heterocycles. The zero-order valence-corrected chi connectivity index (χ0v) is 7.24. The smallest absolute Gasteiger partial charge is 0.110 e. The largest absolute Gasteiger partial charge is 0.394 e. The summed E-state index contributed by atoms with van der Waals surface area (Å²) in [4.78, 5) is 0. The Balaban J connectivity index is 4.06. The van der Waals surface area contributed by atoms with Gasteiger partial charge in [-0.2, -0.15) is 0 Å². The lowest BCUT2D eigenvalue weighted by molar-refractivity contribution is -0.113. The standard InChI is InChI=1S/C8H16O5/c1-2-3-5(10)7(12)8(13)6(11)4-9/h2,5-13H,1,3-4H2/t5-,6+,7-,8-/m0/s1. The topological polar surface area (TPSA) is 101 Å². The third kappa shape index (κ3) is 3.84. The molecule has 0 heterocycles. The zero-order chi connectivity index (χ0) is 10.4. The maximum atomic E-state index is 9.20. The minimum atomic E-state index is -1.56.